The maximum atomic E-state index is 12.2. The molecule has 22 heavy (non-hydrogen) atoms. The predicted octanol–water partition coefficient (Wildman–Crippen LogP) is 3.94. The number of carbonyl (C=O) groups is 2. The van der Waals surface area contributed by atoms with Crippen LogP contribution in [0.25, 0.3) is 0 Å². The van der Waals surface area contributed by atoms with Crippen LogP contribution in [0, 0.1) is 0 Å². The molecule has 0 unspecified atom stereocenters. The van der Waals surface area contributed by atoms with Crippen molar-refractivity contribution in [2.24, 2.45) is 0 Å². The molecule has 1 aromatic rings. The fourth-order valence-electron chi connectivity index (χ4n) is 2.24. The number of para-hydroxylation sites is 1. The number of benzene rings is 1. The highest BCUT2D eigenvalue weighted by atomic mass is 16.5. The van der Waals surface area contributed by atoms with Gasteiger partial charge in [-0.05, 0) is 25.5 Å². The molecule has 1 rings (SSSR count). The number of rotatable bonds is 10. The van der Waals surface area contributed by atoms with Gasteiger partial charge in [0, 0.05) is 18.7 Å². The first-order chi connectivity index (χ1) is 10.7. The average molecular weight is 305 g/mol. The first-order valence-electron chi connectivity index (χ1n) is 8.20. The Kier molecular flexibility index (Phi) is 8.96. The molecule has 0 N–H and O–H groups in total. The Morgan fingerprint density at radius 1 is 1.00 bits per heavy atom. The van der Waals surface area contributed by atoms with E-state index in [1.807, 2.05) is 37.3 Å². The molecule has 0 radical (unpaired) electrons. The fraction of sp³-hybridized carbons (Fsp3) is 0.556. The summed E-state index contributed by atoms with van der Waals surface area (Å²) in [5.74, 6) is -0.328. The second-order valence-electron chi connectivity index (χ2n) is 5.25. The van der Waals surface area contributed by atoms with Crippen molar-refractivity contribution in [3.63, 3.8) is 0 Å². The molecule has 0 saturated heterocycles. The van der Waals surface area contributed by atoms with E-state index in [9.17, 15) is 9.59 Å². The number of unbranched alkanes of at least 4 members (excludes halogenated alkanes) is 3. The average Bonchev–Trinajstić information content (AvgIpc) is 2.54. The van der Waals surface area contributed by atoms with Crippen molar-refractivity contribution in [3.05, 3.63) is 30.3 Å². The van der Waals surface area contributed by atoms with Gasteiger partial charge in [0.05, 0.1) is 13.0 Å². The molecule has 0 fully saturated rings. The highest BCUT2D eigenvalue weighted by molar-refractivity contribution is 5.94. The number of nitrogens with zero attached hydrogens (tertiary/aromatic N) is 1. The van der Waals surface area contributed by atoms with E-state index < -0.39 is 0 Å². The summed E-state index contributed by atoms with van der Waals surface area (Å²) in [5.41, 5.74) is 0.864. The number of anilines is 1. The van der Waals surface area contributed by atoms with E-state index in [1.165, 1.54) is 6.42 Å². The summed E-state index contributed by atoms with van der Waals surface area (Å²) in [6.07, 6.45) is 4.65. The van der Waals surface area contributed by atoms with Crippen molar-refractivity contribution in [1.29, 1.82) is 0 Å². The Morgan fingerprint density at radius 3 is 2.36 bits per heavy atom. The number of hydrogen-bond donors (Lipinski definition) is 0. The zero-order chi connectivity index (χ0) is 16.2. The lowest BCUT2D eigenvalue weighted by molar-refractivity contribution is -0.144. The molecule has 1 aromatic carbocycles. The standard InChI is InChI=1S/C18H27NO3/c1-3-5-6-10-15-22-18(21)14-13-17(20)19(4-2)16-11-8-7-9-12-16/h7-9,11-12H,3-6,10,13-15H2,1-2H3. The van der Waals surface area contributed by atoms with Crippen LogP contribution in [0.5, 0.6) is 0 Å². The fourth-order valence-corrected chi connectivity index (χ4v) is 2.24. The van der Waals surface area contributed by atoms with Crippen molar-refractivity contribution >= 4 is 17.6 Å². The monoisotopic (exact) mass is 305 g/mol. The van der Waals surface area contributed by atoms with Crippen LogP contribution in [0.1, 0.15) is 52.4 Å². The first kappa shape index (κ1) is 18.2. The molecule has 0 aliphatic heterocycles. The van der Waals surface area contributed by atoms with E-state index in [1.54, 1.807) is 4.90 Å². The number of amides is 1. The molecular formula is C18H27NO3. The van der Waals surface area contributed by atoms with Crippen LogP contribution in [0.2, 0.25) is 0 Å². The van der Waals surface area contributed by atoms with Crippen molar-refractivity contribution in [2.45, 2.75) is 52.4 Å². The van der Waals surface area contributed by atoms with Gasteiger partial charge in [0.1, 0.15) is 0 Å². The molecule has 4 heteroatoms. The lowest BCUT2D eigenvalue weighted by Crippen LogP contribution is -2.30. The molecule has 0 aliphatic carbocycles. The molecule has 0 bridgehead atoms. The van der Waals surface area contributed by atoms with E-state index in [0.717, 1.165) is 24.9 Å². The van der Waals surface area contributed by atoms with E-state index in [4.69, 9.17) is 4.74 Å². The van der Waals surface area contributed by atoms with Crippen LogP contribution in [0.15, 0.2) is 30.3 Å². The third-order valence-corrected chi connectivity index (χ3v) is 3.49. The number of ether oxygens (including phenoxy) is 1. The van der Waals surface area contributed by atoms with Gasteiger partial charge in [0.2, 0.25) is 5.91 Å². The van der Waals surface area contributed by atoms with Gasteiger partial charge < -0.3 is 9.64 Å². The van der Waals surface area contributed by atoms with Gasteiger partial charge in [-0.15, -0.1) is 0 Å². The van der Waals surface area contributed by atoms with Crippen molar-refractivity contribution in [1.82, 2.24) is 0 Å². The highest BCUT2D eigenvalue weighted by Gasteiger charge is 2.15. The lowest BCUT2D eigenvalue weighted by Gasteiger charge is -2.20. The molecule has 122 valence electrons. The lowest BCUT2D eigenvalue weighted by atomic mass is 10.2. The minimum absolute atomic E-state index is 0.0448. The molecule has 0 heterocycles. The molecule has 0 aliphatic rings. The molecule has 0 aromatic heterocycles. The largest absolute Gasteiger partial charge is 0.466 e. The summed E-state index contributed by atoms with van der Waals surface area (Å²) in [6, 6.07) is 9.50. The van der Waals surface area contributed by atoms with Crippen LogP contribution in [0.3, 0.4) is 0 Å². The molecule has 0 spiro atoms. The van der Waals surface area contributed by atoms with E-state index in [-0.39, 0.29) is 24.7 Å². The Bertz CT molecular complexity index is 445. The summed E-state index contributed by atoms with van der Waals surface area (Å²) in [5, 5.41) is 0. The minimum atomic E-state index is -0.283. The molecule has 1 amide bonds. The Balaban J connectivity index is 2.30. The normalized spacial score (nSPS) is 10.3. The third-order valence-electron chi connectivity index (χ3n) is 3.49. The summed E-state index contributed by atoms with van der Waals surface area (Å²) >= 11 is 0. The van der Waals surface area contributed by atoms with Crippen LogP contribution < -0.4 is 4.90 Å². The minimum Gasteiger partial charge on any atom is -0.466 e. The van der Waals surface area contributed by atoms with Crippen LogP contribution in [0.4, 0.5) is 5.69 Å². The molecule has 0 atom stereocenters. The maximum Gasteiger partial charge on any atom is 0.306 e. The van der Waals surface area contributed by atoms with Crippen LogP contribution in [-0.2, 0) is 14.3 Å². The molecule has 4 nitrogen and oxygen atoms in total. The van der Waals surface area contributed by atoms with Crippen LogP contribution >= 0.6 is 0 Å². The zero-order valence-electron chi connectivity index (χ0n) is 13.7. The number of carbonyl (C=O) groups excluding carboxylic acids is 2. The van der Waals surface area contributed by atoms with Gasteiger partial charge in [0.25, 0.3) is 0 Å². The molecule has 0 saturated carbocycles. The first-order valence-corrected chi connectivity index (χ1v) is 8.20. The predicted molar refractivity (Wildman–Crippen MR) is 88.8 cm³/mol. The van der Waals surface area contributed by atoms with Crippen molar-refractivity contribution in [2.75, 3.05) is 18.1 Å². The molecular weight excluding hydrogens is 278 g/mol. The quantitative estimate of drug-likeness (QED) is 0.486. The third kappa shape index (κ3) is 6.74. The van der Waals surface area contributed by atoms with Gasteiger partial charge in [-0.2, -0.15) is 0 Å². The second kappa shape index (κ2) is 10.8. The second-order valence-corrected chi connectivity index (χ2v) is 5.25. The summed E-state index contributed by atoms with van der Waals surface area (Å²) in [4.78, 5) is 25.5. The summed E-state index contributed by atoms with van der Waals surface area (Å²) in [7, 11) is 0. The Labute approximate surface area is 133 Å². The Morgan fingerprint density at radius 2 is 1.73 bits per heavy atom. The van der Waals surface area contributed by atoms with E-state index in [0.29, 0.717) is 13.2 Å². The zero-order valence-corrected chi connectivity index (χ0v) is 13.7. The van der Waals surface area contributed by atoms with Gasteiger partial charge in [0.15, 0.2) is 0 Å². The highest BCUT2D eigenvalue weighted by Crippen LogP contribution is 2.14. The van der Waals surface area contributed by atoms with E-state index in [2.05, 4.69) is 6.92 Å². The van der Waals surface area contributed by atoms with Crippen molar-refractivity contribution in [3.8, 4) is 0 Å². The maximum absolute atomic E-state index is 12.2. The van der Waals surface area contributed by atoms with Gasteiger partial charge in [-0.25, -0.2) is 0 Å². The summed E-state index contributed by atoms with van der Waals surface area (Å²) in [6.45, 7) is 5.12. The van der Waals surface area contributed by atoms with Crippen LogP contribution in [-0.4, -0.2) is 25.0 Å². The van der Waals surface area contributed by atoms with Crippen molar-refractivity contribution < 1.29 is 14.3 Å². The SMILES string of the molecule is CCCCCCOC(=O)CCC(=O)N(CC)c1ccccc1. The smallest absolute Gasteiger partial charge is 0.306 e. The number of hydrogen-bond acceptors (Lipinski definition) is 3. The Hall–Kier alpha value is -1.84. The van der Waals surface area contributed by atoms with Gasteiger partial charge in [-0.3, -0.25) is 9.59 Å². The topological polar surface area (TPSA) is 46.6 Å². The number of esters is 1. The van der Waals surface area contributed by atoms with Gasteiger partial charge in [-0.1, -0.05) is 44.4 Å². The summed E-state index contributed by atoms with van der Waals surface area (Å²) < 4.78 is 5.15. The van der Waals surface area contributed by atoms with Gasteiger partial charge >= 0.3 is 5.97 Å². The van der Waals surface area contributed by atoms with E-state index >= 15 is 0 Å².